The maximum atomic E-state index is 12.8. The van der Waals surface area contributed by atoms with Crippen LogP contribution in [0, 0.1) is 5.82 Å². The van der Waals surface area contributed by atoms with Crippen LogP contribution in [-0.4, -0.2) is 10.9 Å². The Morgan fingerprint density at radius 2 is 2.04 bits per heavy atom. The van der Waals surface area contributed by atoms with Gasteiger partial charge in [0.15, 0.2) is 0 Å². The van der Waals surface area contributed by atoms with E-state index in [2.05, 4.69) is 10.3 Å². The highest BCUT2D eigenvalue weighted by molar-refractivity contribution is 7.09. The highest BCUT2D eigenvalue weighted by Gasteiger charge is 2.11. The average molecular weight is 363 g/mol. The van der Waals surface area contributed by atoms with Crippen molar-refractivity contribution in [2.24, 2.45) is 0 Å². The van der Waals surface area contributed by atoms with Crippen molar-refractivity contribution in [2.45, 2.75) is 6.61 Å². The normalized spacial score (nSPS) is 10.4. The summed E-state index contributed by atoms with van der Waals surface area (Å²) in [5.41, 5.74) is 0.905. The molecular formula is C17H12ClFN2O2S. The Balaban J connectivity index is 1.60. The molecule has 4 nitrogen and oxygen atoms in total. The lowest BCUT2D eigenvalue weighted by molar-refractivity contribution is 0.102. The third-order valence-electron chi connectivity index (χ3n) is 3.04. The molecule has 24 heavy (non-hydrogen) atoms. The second-order valence-corrected chi connectivity index (χ2v) is 6.21. The monoisotopic (exact) mass is 362 g/mol. The van der Waals surface area contributed by atoms with Gasteiger partial charge >= 0.3 is 0 Å². The quantitative estimate of drug-likeness (QED) is 0.711. The molecule has 0 aliphatic rings. The van der Waals surface area contributed by atoms with E-state index in [4.69, 9.17) is 16.3 Å². The van der Waals surface area contributed by atoms with Gasteiger partial charge < -0.3 is 10.1 Å². The lowest BCUT2D eigenvalue weighted by Crippen LogP contribution is -2.12. The fourth-order valence-corrected chi connectivity index (χ4v) is 2.79. The molecule has 0 bridgehead atoms. The van der Waals surface area contributed by atoms with Gasteiger partial charge in [-0.3, -0.25) is 4.79 Å². The molecule has 0 unspecified atom stereocenters. The van der Waals surface area contributed by atoms with Gasteiger partial charge in [0, 0.05) is 16.1 Å². The van der Waals surface area contributed by atoms with E-state index < -0.39 is 0 Å². The van der Waals surface area contributed by atoms with E-state index in [-0.39, 0.29) is 18.3 Å². The van der Waals surface area contributed by atoms with E-state index in [1.54, 1.807) is 29.6 Å². The summed E-state index contributed by atoms with van der Waals surface area (Å²) < 4.78 is 18.3. The topological polar surface area (TPSA) is 51.2 Å². The van der Waals surface area contributed by atoms with Gasteiger partial charge in [0.2, 0.25) is 0 Å². The molecule has 122 valence electrons. The predicted molar refractivity (Wildman–Crippen MR) is 92.3 cm³/mol. The van der Waals surface area contributed by atoms with Crippen molar-refractivity contribution in [3.8, 4) is 5.75 Å². The number of carbonyl (C=O) groups is 1. The van der Waals surface area contributed by atoms with Gasteiger partial charge in [-0.15, -0.1) is 11.3 Å². The van der Waals surface area contributed by atoms with Gasteiger partial charge in [-0.25, -0.2) is 9.37 Å². The molecule has 1 aromatic heterocycles. The SMILES string of the molecule is O=C(Nc1cccc(Cl)c1)c1csc(COc2ccc(F)cc2)n1. The minimum Gasteiger partial charge on any atom is -0.486 e. The molecule has 1 N–H and O–H groups in total. The first-order valence-corrected chi connectivity index (χ1v) is 8.25. The molecule has 3 aromatic rings. The molecule has 0 spiro atoms. The van der Waals surface area contributed by atoms with Crippen molar-refractivity contribution < 1.29 is 13.9 Å². The van der Waals surface area contributed by atoms with Gasteiger partial charge in [-0.1, -0.05) is 17.7 Å². The van der Waals surface area contributed by atoms with Crippen LogP contribution in [0.3, 0.4) is 0 Å². The van der Waals surface area contributed by atoms with E-state index in [1.807, 2.05) is 0 Å². The Kier molecular flexibility index (Phi) is 5.08. The maximum Gasteiger partial charge on any atom is 0.275 e. The summed E-state index contributed by atoms with van der Waals surface area (Å²) in [6.07, 6.45) is 0. The van der Waals surface area contributed by atoms with Crippen LogP contribution in [0.2, 0.25) is 5.02 Å². The molecular weight excluding hydrogens is 351 g/mol. The van der Waals surface area contributed by atoms with Crippen molar-refractivity contribution >= 4 is 34.5 Å². The standard InChI is InChI=1S/C17H12ClFN2O2S/c18-11-2-1-3-13(8-11)20-17(22)15-10-24-16(21-15)9-23-14-6-4-12(19)5-7-14/h1-8,10H,9H2,(H,20,22). The third-order valence-corrected chi connectivity index (χ3v) is 4.10. The van der Waals surface area contributed by atoms with Gasteiger partial charge in [0.25, 0.3) is 5.91 Å². The number of nitrogens with zero attached hydrogens (tertiary/aromatic N) is 1. The number of anilines is 1. The number of halogens is 2. The summed E-state index contributed by atoms with van der Waals surface area (Å²) in [5.74, 6) is -0.102. The summed E-state index contributed by atoms with van der Waals surface area (Å²) in [6, 6.07) is 12.6. The Bertz CT molecular complexity index is 852. The van der Waals surface area contributed by atoms with Crippen molar-refractivity contribution in [1.82, 2.24) is 4.98 Å². The first-order valence-electron chi connectivity index (χ1n) is 7.00. The number of ether oxygens (including phenoxy) is 1. The van der Waals surface area contributed by atoms with Crippen molar-refractivity contribution in [3.05, 3.63) is 75.5 Å². The minimum atomic E-state index is -0.323. The summed E-state index contributed by atoms with van der Waals surface area (Å²) >= 11 is 7.20. The van der Waals surface area contributed by atoms with Crippen molar-refractivity contribution in [3.63, 3.8) is 0 Å². The van der Waals surface area contributed by atoms with E-state index in [9.17, 15) is 9.18 Å². The fourth-order valence-electron chi connectivity index (χ4n) is 1.92. The van der Waals surface area contributed by atoms with E-state index in [1.165, 1.54) is 35.6 Å². The molecule has 0 saturated carbocycles. The largest absolute Gasteiger partial charge is 0.486 e. The van der Waals surface area contributed by atoms with Gasteiger partial charge in [0.1, 0.15) is 28.9 Å². The van der Waals surface area contributed by atoms with E-state index in [0.717, 1.165) is 0 Å². The molecule has 0 aliphatic carbocycles. The van der Waals surface area contributed by atoms with Crippen LogP contribution >= 0.6 is 22.9 Å². The van der Waals surface area contributed by atoms with Crippen molar-refractivity contribution in [1.29, 1.82) is 0 Å². The molecule has 0 fully saturated rings. The number of hydrogen-bond donors (Lipinski definition) is 1. The van der Waals surface area contributed by atoms with Crippen molar-refractivity contribution in [2.75, 3.05) is 5.32 Å². The third kappa shape index (κ3) is 4.31. The molecule has 0 atom stereocenters. The number of rotatable bonds is 5. The number of amides is 1. The maximum absolute atomic E-state index is 12.8. The number of carbonyl (C=O) groups excluding carboxylic acids is 1. The Morgan fingerprint density at radius 3 is 2.79 bits per heavy atom. The molecule has 0 aliphatic heterocycles. The molecule has 1 amide bonds. The van der Waals surface area contributed by atoms with Crippen LogP contribution in [0.5, 0.6) is 5.75 Å². The zero-order valence-electron chi connectivity index (χ0n) is 12.3. The highest BCUT2D eigenvalue weighted by Crippen LogP contribution is 2.18. The first-order chi connectivity index (χ1) is 11.6. The Labute approximate surface area is 146 Å². The highest BCUT2D eigenvalue weighted by atomic mass is 35.5. The zero-order chi connectivity index (χ0) is 16.9. The molecule has 3 rings (SSSR count). The van der Waals surface area contributed by atoms with Crippen LogP contribution in [0.25, 0.3) is 0 Å². The number of nitrogens with one attached hydrogen (secondary N) is 1. The van der Waals surface area contributed by atoms with Gasteiger partial charge in [-0.05, 0) is 42.5 Å². The molecule has 2 aromatic carbocycles. The molecule has 0 saturated heterocycles. The van der Waals surface area contributed by atoms with Gasteiger partial charge in [-0.2, -0.15) is 0 Å². The fraction of sp³-hybridized carbons (Fsp3) is 0.0588. The van der Waals surface area contributed by atoms with Crippen LogP contribution in [0.1, 0.15) is 15.5 Å². The molecule has 0 radical (unpaired) electrons. The Hall–Kier alpha value is -2.44. The Morgan fingerprint density at radius 1 is 1.25 bits per heavy atom. The van der Waals surface area contributed by atoms with Crippen LogP contribution in [0.4, 0.5) is 10.1 Å². The number of aromatic nitrogens is 1. The second-order valence-electron chi connectivity index (χ2n) is 4.83. The first kappa shape index (κ1) is 16.4. The predicted octanol–water partition coefficient (Wildman–Crippen LogP) is 4.77. The lowest BCUT2D eigenvalue weighted by Gasteiger charge is -2.04. The zero-order valence-corrected chi connectivity index (χ0v) is 13.9. The minimum absolute atomic E-state index is 0.209. The molecule has 7 heteroatoms. The van der Waals surface area contributed by atoms with Crippen LogP contribution in [-0.2, 0) is 6.61 Å². The summed E-state index contributed by atoms with van der Waals surface area (Å²) in [4.78, 5) is 16.4. The summed E-state index contributed by atoms with van der Waals surface area (Å²) in [5, 5.41) is 5.58. The lowest BCUT2D eigenvalue weighted by atomic mass is 10.3. The number of benzene rings is 2. The van der Waals surface area contributed by atoms with E-state index >= 15 is 0 Å². The van der Waals surface area contributed by atoms with Crippen LogP contribution in [0.15, 0.2) is 53.9 Å². The van der Waals surface area contributed by atoms with Crippen LogP contribution < -0.4 is 10.1 Å². The average Bonchev–Trinajstić information content (AvgIpc) is 3.03. The number of hydrogen-bond acceptors (Lipinski definition) is 4. The van der Waals surface area contributed by atoms with E-state index in [0.29, 0.717) is 27.2 Å². The van der Waals surface area contributed by atoms with Gasteiger partial charge in [0.05, 0.1) is 0 Å². The smallest absolute Gasteiger partial charge is 0.275 e. The summed E-state index contributed by atoms with van der Waals surface area (Å²) in [7, 11) is 0. The second kappa shape index (κ2) is 7.42. The summed E-state index contributed by atoms with van der Waals surface area (Å²) in [6.45, 7) is 0.209. The number of thiazole rings is 1. The molecule has 1 heterocycles.